The summed E-state index contributed by atoms with van der Waals surface area (Å²) in [4.78, 5) is 4.05. The largest absolute Gasteiger partial charge is 0.311 e. The maximum absolute atomic E-state index is 6.20. The molecule has 1 aromatic heterocycles. The van der Waals surface area contributed by atoms with E-state index in [0.717, 1.165) is 17.4 Å². The molecule has 3 rings (SSSR count). The summed E-state index contributed by atoms with van der Waals surface area (Å²) in [5.41, 5.74) is 1.59. The molecule has 1 N–H and O–H groups in total. The molecule has 16 heavy (non-hydrogen) atoms. The lowest BCUT2D eigenvalue weighted by molar-refractivity contribution is 0.323. The highest BCUT2D eigenvalue weighted by Crippen LogP contribution is 2.46. The minimum absolute atomic E-state index is 0.338. The number of hydrogen-bond acceptors (Lipinski definition) is 2. The third-order valence-electron chi connectivity index (χ3n) is 4.00. The molecule has 0 bridgehead atoms. The molecule has 2 heterocycles. The first kappa shape index (κ1) is 10.5. The van der Waals surface area contributed by atoms with Crippen LogP contribution in [0.25, 0.3) is 0 Å². The minimum Gasteiger partial charge on any atom is -0.311 e. The maximum atomic E-state index is 6.20. The molecule has 1 saturated heterocycles. The lowest BCUT2D eigenvalue weighted by Crippen LogP contribution is -2.44. The SMILES string of the molecule is Clc1cnccc1CC1(C2CC2)CCCN1. The molecule has 0 radical (unpaired) electrons. The van der Waals surface area contributed by atoms with Gasteiger partial charge in [-0.2, -0.15) is 0 Å². The van der Waals surface area contributed by atoms with Crippen molar-refractivity contribution in [1.82, 2.24) is 10.3 Å². The van der Waals surface area contributed by atoms with Crippen LogP contribution in [0.5, 0.6) is 0 Å². The summed E-state index contributed by atoms with van der Waals surface area (Å²) in [5.74, 6) is 0.874. The van der Waals surface area contributed by atoms with Crippen LogP contribution in [0.3, 0.4) is 0 Å². The molecule has 0 aromatic carbocycles. The Balaban J connectivity index is 1.84. The Kier molecular flexibility index (Phi) is 2.64. The van der Waals surface area contributed by atoms with Gasteiger partial charge in [0, 0.05) is 17.9 Å². The van der Waals surface area contributed by atoms with Crippen molar-refractivity contribution in [3.63, 3.8) is 0 Å². The quantitative estimate of drug-likeness (QED) is 0.873. The molecule has 1 saturated carbocycles. The maximum Gasteiger partial charge on any atom is 0.0621 e. The Labute approximate surface area is 101 Å². The fourth-order valence-electron chi connectivity index (χ4n) is 3.00. The molecule has 1 atom stereocenters. The first-order valence-electron chi connectivity index (χ1n) is 6.14. The molecule has 86 valence electrons. The second kappa shape index (κ2) is 4.01. The van der Waals surface area contributed by atoms with Gasteiger partial charge >= 0.3 is 0 Å². The van der Waals surface area contributed by atoms with Gasteiger partial charge in [0.25, 0.3) is 0 Å². The van der Waals surface area contributed by atoms with E-state index in [1.54, 1.807) is 6.20 Å². The zero-order valence-corrected chi connectivity index (χ0v) is 10.1. The van der Waals surface area contributed by atoms with Gasteiger partial charge in [-0.25, -0.2) is 0 Å². The Morgan fingerprint density at radius 2 is 2.38 bits per heavy atom. The van der Waals surface area contributed by atoms with Crippen molar-refractivity contribution in [2.24, 2.45) is 5.92 Å². The average Bonchev–Trinajstić information content (AvgIpc) is 3.05. The van der Waals surface area contributed by atoms with Gasteiger partial charge in [0.15, 0.2) is 0 Å². The van der Waals surface area contributed by atoms with Crippen LogP contribution in [0.1, 0.15) is 31.2 Å². The van der Waals surface area contributed by atoms with E-state index in [1.807, 2.05) is 6.20 Å². The number of pyridine rings is 1. The molecule has 2 aliphatic rings. The van der Waals surface area contributed by atoms with Crippen molar-refractivity contribution in [3.8, 4) is 0 Å². The number of halogens is 1. The number of nitrogens with zero attached hydrogens (tertiary/aromatic N) is 1. The molecule has 3 heteroatoms. The fraction of sp³-hybridized carbons (Fsp3) is 0.615. The standard InChI is InChI=1S/C13H17ClN2/c14-12-9-15-7-4-10(12)8-13(11-2-3-11)5-1-6-16-13/h4,7,9,11,16H,1-3,5-6,8H2. The van der Waals surface area contributed by atoms with Crippen molar-refractivity contribution < 1.29 is 0 Å². The number of hydrogen-bond donors (Lipinski definition) is 1. The second-order valence-corrected chi connectivity index (χ2v) is 5.51. The van der Waals surface area contributed by atoms with Crippen molar-refractivity contribution in [1.29, 1.82) is 0 Å². The summed E-state index contributed by atoms with van der Waals surface area (Å²) in [6.07, 6.45) is 10.0. The predicted octanol–water partition coefficient (Wildman–Crippen LogP) is 2.81. The summed E-state index contributed by atoms with van der Waals surface area (Å²) in [7, 11) is 0. The van der Waals surface area contributed by atoms with Gasteiger partial charge < -0.3 is 5.32 Å². The predicted molar refractivity (Wildman–Crippen MR) is 65.6 cm³/mol. The van der Waals surface area contributed by atoms with Gasteiger partial charge in [0.2, 0.25) is 0 Å². The van der Waals surface area contributed by atoms with E-state index in [-0.39, 0.29) is 0 Å². The van der Waals surface area contributed by atoms with E-state index < -0.39 is 0 Å². The van der Waals surface area contributed by atoms with Crippen LogP contribution in [-0.2, 0) is 6.42 Å². The molecular formula is C13H17ClN2. The summed E-state index contributed by atoms with van der Waals surface area (Å²) < 4.78 is 0. The molecule has 1 aromatic rings. The molecule has 1 unspecified atom stereocenters. The Morgan fingerprint density at radius 3 is 3.00 bits per heavy atom. The summed E-state index contributed by atoms with van der Waals surface area (Å²) in [5, 5.41) is 4.54. The van der Waals surface area contributed by atoms with Gasteiger partial charge in [-0.05, 0) is 56.2 Å². The van der Waals surface area contributed by atoms with Gasteiger partial charge in [0.05, 0.1) is 5.02 Å². The van der Waals surface area contributed by atoms with Crippen LogP contribution >= 0.6 is 11.6 Å². The lowest BCUT2D eigenvalue weighted by Gasteiger charge is -2.30. The monoisotopic (exact) mass is 236 g/mol. The van der Waals surface area contributed by atoms with E-state index in [0.29, 0.717) is 5.54 Å². The van der Waals surface area contributed by atoms with Crippen LogP contribution < -0.4 is 5.32 Å². The first-order chi connectivity index (χ1) is 7.80. The summed E-state index contributed by atoms with van der Waals surface area (Å²) in [6.45, 7) is 1.17. The van der Waals surface area contributed by atoms with Gasteiger partial charge in [-0.1, -0.05) is 11.6 Å². The van der Waals surface area contributed by atoms with E-state index in [4.69, 9.17) is 11.6 Å². The van der Waals surface area contributed by atoms with Crippen LogP contribution in [0.2, 0.25) is 5.02 Å². The third kappa shape index (κ3) is 1.85. The molecule has 2 fully saturated rings. The van der Waals surface area contributed by atoms with Gasteiger partial charge in [0.1, 0.15) is 0 Å². The highest BCUT2D eigenvalue weighted by atomic mass is 35.5. The van der Waals surface area contributed by atoms with Crippen molar-refractivity contribution in [2.45, 2.75) is 37.6 Å². The van der Waals surface area contributed by atoms with E-state index in [1.165, 1.54) is 37.8 Å². The van der Waals surface area contributed by atoms with Crippen LogP contribution in [-0.4, -0.2) is 17.1 Å². The molecular weight excluding hydrogens is 220 g/mol. The zero-order valence-electron chi connectivity index (χ0n) is 9.38. The van der Waals surface area contributed by atoms with Gasteiger partial charge in [-0.15, -0.1) is 0 Å². The van der Waals surface area contributed by atoms with Crippen LogP contribution in [0.15, 0.2) is 18.5 Å². The van der Waals surface area contributed by atoms with Crippen molar-refractivity contribution in [2.75, 3.05) is 6.54 Å². The van der Waals surface area contributed by atoms with Crippen LogP contribution in [0.4, 0.5) is 0 Å². The number of rotatable bonds is 3. The van der Waals surface area contributed by atoms with Crippen molar-refractivity contribution >= 4 is 11.6 Å². The Bertz CT molecular complexity index is 381. The van der Waals surface area contributed by atoms with E-state index in [2.05, 4.69) is 16.4 Å². The van der Waals surface area contributed by atoms with E-state index >= 15 is 0 Å². The third-order valence-corrected chi connectivity index (χ3v) is 4.34. The highest BCUT2D eigenvalue weighted by Gasteiger charge is 2.46. The highest BCUT2D eigenvalue weighted by molar-refractivity contribution is 6.31. The number of nitrogens with one attached hydrogen (secondary N) is 1. The lowest BCUT2D eigenvalue weighted by atomic mass is 9.85. The van der Waals surface area contributed by atoms with Gasteiger partial charge in [-0.3, -0.25) is 4.98 Å². The van der Waals surface area contributed by atoms with Crippen LogP contribution in [0, 0.1) is 5.92 Å². The molecule has 2 nitrogen and oxygen atoms in total. The molecule has 0 amide bonds. The Hall–Kier alpha value is -0.600. The average molecular weight is 237 g/mol. The second-order valence-electron chi connectivity index (χ2n) is 5.10. The first-order valence-corrected chi connectivity index (χ1v) is 6.51. The number of aromatic nitrogens is 1. The smallest absolute Gasteiger partial charge is 0.0621 e. The molecule has 1 aliphatic carbocycles. The topological polar surface area (TPSA) is 24.9 Å². The Morgan fingerprint density at radius 1 is 1.50 bits per heavy atom. The normalized spacial score (nSPS) is 29.6. The minimum atomic E-state index is 0.338. The van der Waals surface area contributed by atoms with E-state index in [9.17, 15) is 0 Å². The summed E-state index contributed by atoms with van der Waals surface area (Å²) in [6, 6.07) is 2.06. The van der Waals surface area contributed by atoms with Crippen molar-refractivity contribution in [3.05, 3.63) is 29.0 Å². The molecule has 1 aliphatic heterocycles. The molecule has 0 spiro atoms. The fourth-order valence-corrected chi connectivity index (χ4v) is 3.18. The zero-order chi connectivity index (χ0) is 11.0. The summed E-state index contributed by atoms with van der Waals surface area (Å²) >= 11 is 6.20.